The van der Waals surface area contributed by atoms with Crippen molar-refractivity contribution in [1.29, 1.82) is 0 Å². The van der Waals surface area contributed by atoms with Crippen LogP contribution >= 0.6 is 0 Å². The molecule has 2 rings (SSSR count). The van der Waals surface area contributed by atoms with Gasteiger partial charge in [-0.2, -0.15) is 0 Å². The molecule has 1 aliphatic heterocycles. The average Bonchev–Trinajstić information content (AvgIpc) is 3.14. The van der Waals surface area contributed by atoms with Gasteiger partial charge in [0.1, 0.15) is 5.75 Å². The fraction of sp³-hybridized carbons (Fsp3) is 0.526. The maximum atomic E-state index is 5.28. The van der Waals surface area contributed by atoms with Crippen molar-refractivity contribution in [2.24, 2.45) is 4.99 Å². The largest absolute Gasteiger partial charge is 0.497 e. The molecule has 132 valence electrons. The van der Waals surface area contributed by atoms with E-state index in [0.29, 0.717) is 12.6 Å². The lowest BCUT2D eigenvalue weighted by Gasteiger charge is -2.27. The van der Waals surface area contributed by atoms with Crippen LogP contribution in [0.15, 0.2) is 41.9 Å². The van der Waals surface area contributed by atoms with Crippen molar-refractivity contribution in [2.45, 2.75) is 25.8 Å². The van der Waals surface area contributed by atoms with Crippen LogP contribution in [-0.4, -0.2) is 50.7 Å². The summed E-state index contributed by atoms with van der Waals surface area (Å²) in [5.41, 5.74) is 1.29. The van der Waals surface area contributed by atoms with Crippen molar-refractivity contribution in [2.75, 3.05) is 39.8 Å². The van der Waals surface area contributed by atoms with E-state index < -0.39 is 0 Å². The molecule has 5 heteroatoms. The van der Waals surface area contributed by atoms with E-state index in [0.717, 1.165) is 37.9 Å². The van der Waals surface area contributed by atoms with Crippen LogP contribution in [0.1, 0.15) is 31.4 Å². The fourth-order valence-corrected chi connectivity index (χ4v) is 3.00. The Morgan fingerprint density at radius 2 is 2.00 bits per heavy atom. The summed E-state index contributed by atoms with van der Waals surface area (Å²) in [6, 6.07) is 8.67. The van der Waals surface area contributed by atoms with Gasteiger partial charge in [0.05, 0.1) is 19.7 Å². The number of nitrogens with zero attached hydrogens (tertiary/aromatic N) is 2. The smallest absolute Gasteiger partial charge is 0.191 e. The first-order valence-corrected chi connectivity index (χ1v) is 8.79. The quantitative estimate of drug-likeness (QED) is 0.437. The van der Waals surface area contributed by atoms with E-state index in [1.54, 1.807) is 7.11 Å². The molecule has 0 aromatic heterocycles. The van der Waals surface area contributed by atoms with E-state index in [2.05, 4.69) is 41.2 Å². The molecule has 5 nitrogen and oxygen atoms in total. The Balaban J connectivity index is 2.13. The number of guanidine groups is 1. The number of methoxy groups -OCH3 is 1. The van der Waals surface area contributed by atoms with Crippen LogP contribution in [0.5, 0.6) is 5.75 Å². The Labute approximate surface area is 145 Å². The van der Waals surface area contributed by atoms with Gasteiger partial charge in [-0.3, -0.25) is 9.89 Å². The summed E-state index contributed by atoms with van der Waals surface area (Å²) in [6.07, 6.45) is 4.38. The number of nitrogens with one attached hydrogen (secondary N) is 2. The van der Waals surface area contributed by atoms with Gasteiger partial charge in [0.25, 0.3) is 0 Å². The highest BCUT2D eigenvalue weighted by molar-refractivity contribution is 5.79. The highest BCUT2D eigenvalue weighted by Gasteiger charge is 2.23. The maximum absolute atomic E-state index is 5.28. The van der Waals surface area contributed by atoms with Gasteiger partial charge in [-0.25, -0.2) is 0 Å². The molecule has 0 radical (unpaired) electrons. The van der Waals surface area contributed by atoms with Crippen LogP contribution in [0.2, 0.25) is 0 Å². The van der Waals surface area contributed by atoms with Gasteiger partial charge >= 0.3 is 0 Å². The van der Waals surface area contributed by atoms with Crippen molar-refractivity contribution in [3.63, 3.8) is 0 Å². The van der Waals surface area contributed by atoms with Gasteiger partial charge in [-0.1, -0.05) is 18.2 Å². The highest BCUT2D eigenvalue weighted by atomic mass is 16.5. The van der Waals surface area contributed by atoms with Crippen LogP contribution in [-0.2, 0) is 0 Å². The molecule has 1 aliphatic rings. The minimum atomic E-state index is 0.303. The van der Waals surface area contributed by atoms with Crippen molar-refractivity contribution in [3.8, 4) is 5.75 Å². The summed E-state index contributed by atoms with van der Waals surface area (Å²) >= 11 is 0. The lowest BCUT2D eigenvalue weighted by Crippen LogP contribution is -2.38. The number of hydrogen-bond donors (Lipinski definition) is 2. The first-order valence-electron chi connectivity index (χ1n) is 8.79. The Morgan fingerprint density at radius 3 is 2.58 bits per heavy atom. The lowest BCUT2D eigenvalue weighted by molar-refractivity contribution is 0.251. The fourth-order valence-electron chi connectivity index (χ4n) is 3.00. The highest BCUT2D eigenvalue weighted by Crippen LogP contribution is 2.27. The second kappa shape index (κ2) is 9.98. The SMILES string of the molecule is C=CCNC(=NCC(c1ccc(OC)cc1)N1CCCC1)NCC. The second-order valence-electron chi connectivity index (χ2n) is 5.92. The van der Waals surface area contributed by atoms with Crippen molar-refractivity contribution >= 4 is 5.96 Å². The third kappa shape index (κ3) is 5.27. The molecule has 2 N–H and O–H groups in total. The van der Waals surface area contributed by atoms with Crippen molar-refractivity contribution in [1.82, 2.24) is 15.5 Å². The maximum Gasteiger partial charge on any atom is 0.191 e. The molecule has 24 heavy (non-hydrogen) atoms. The minimum Gasteiger partial charge on any atom is -0.497 e. The van der Waals surface area contributed by atoms with Gasteiger partial charge in [-0.15, -0.1) is 6.58 Å². The van der Waals surface area contributed by atoms with Crippen LogP contribution in [0.3, 0.4) is 0 Å². The standard InChI is InChI=1S/C19H30N4O/c1-4-12-21-19(20-5-2)22-15-18(23-13-6-7-14-23)16-8-10-17(24-3)11-9-16/h4,8-11,18H,1,5-7,12-15H2,2-3H3,(H2,20,21,22). The Bertz CT molecular complexity index is 521. The van der Waals surface area contributed by atoms with Crippen LogP contribution in [0.4, 0.5) is 0 Å². The van der Waals surface area contributed by atoms with Crippen LogP contribution in [0, 0.1) is 0 Å². The number of benzene rings is 1. The first kappa shape index (κ1) is 18.3. The van der Waals surface area contributed by atoms with Crippen LogP contribution < -0.4 is 15.4 Å². The molecule has 1 saturated heterocycles. The van der Waals surface area contributed by atoms with Crippen molar-refractivity contribution < 1.29 is 4.74 Å². The van der Waals surface area contributed by atoms with Gasteiger partial charge in [-0.05, 0) is 50.6 Å². The molecular formula is C19H30N4O. The van der Waals surface area contributed by atoms with E-state index in [1.807, 2.05) is 18.2 Å². The summed E-state index contributed by atoms with van der Waals surface area (Å²) < 4.78 is 5.28. The molecule has 1 aromatic rings. The molecule has 0 spiro atoms. The van der Waals surface area contributed by atoms with Crippen LogP contribution in [0.25, 0.3) is 0 Å². The third-order valence-corrected chi connectivity index (χ3v) is 4.26. The zero-order valence-corrected chi connectivity index (χ0v) is 14.9. The normalized spacial score (nSPS) is 16.7. The number of ether oxygens (including phenoxy) is 1. The summed E-state index contributed by atoms with van der Waals surface area (Å²) in [4.78, 5) is 7.32. The topological polar surface area (TPSA) is 48.9 Å². The summed E-state index contributed by atoms with van der Waals surface area (Å²) in [6.45, 7) is 10.4. The summed E-state index contributed by atoms with van der Waals surface area (Å²) in [7, 11) is 1.70. The van der Waals surface area contributed by atoms with E-state index in [1.165, 1.54) is 18.4 Å². The monoisotopic (exact) mass is 330 g/mol. The summed E-state index contributed by atoms with van der Waals surface area (Å²) in [5, 5.41) is 6.55. The Morgan fingerprint density at radius 1 is 1.29 bits per heavy atom. The molecule has 1 unspecified atom stereocenters. The number of hydrogen-bond acceptors (Lipinski definition) is 3. The van der Waals surface area contributed by atoms with Gasteiger partial charge in [0.2, 0.25) is 0 Å². The molecule has 0 aliphatic carbocycles. The molecule has 0 bridgehead atoms. The molecule has 1 aromatic carbocycles. The van der Waals surface area contributed by atoms with Gasteiger partial charge in [0, 0.05) is 13.1 Å². The minimum absolute atomic E-state index is 0.303. The zero-order chi connectivity index (χ0) is 17.2. The predicted molar refractivity (Wildman–Crippen MR) is 101 cm³/mol. The first-order chi connectivity index (χ1) is 11.8. The van der Waals surface area contributed by atoms with Crippen molar-refractivity contribution in [3.05, 3.63) is 42.5 Å². The Hall–Kier alpha value is -2.01. The molecular weight excluding hydrogens is 300 g/mol. The van der Waals surface area contributed by atoms with Gasteiger partial charge < -0.3 is 15.4 Å². The van der Waals surface area contributed by atoms with E-state index in [9.17, 15) is 0 Å². The number of rotatable bonds is 8. The van der Waals surface area contributed by atoms with E-state index in [4.69, 9.17) is 9.73 Å². The average molecular weight is 330 g/mol. The second-order valence-corrected chi connectivity index (χ2v) is 5.92. The molecule has 1 atom stereocenters. The third-order valence-electron chi connectivity index (χ3n) is 4.26. The summed E-state index contributed by atoms with van der Waals surface area (Å²) in [5.74, 6) is 1.73. The molecule has 1 heterocycles. The predicted octanol–water partition coefficient (Wildman–Crippen LogP) is 2.57. The van der Waals surface area contributed by atoms with E-state index >= 15 is 0 Å². The Kier molecular flexibility index (Phi) is 7.62. The van der Waals surface area contributed by atoms with E-state index in [-0.39, 0.29) is 0 Å². The molecule has 0 amide bonds. The van der Waals surface area contributed by atoms with Gasteiger partial charge in [0.15, 0.2) is 5.96 Å². The number of likely N-dealkylation sites (tertiary alicyclic amines) is 1. The zero-order valence-electron chi connectivity index (χ0n) is 14.9. The number of aliphatic imine (C=N–C) groups is 1. The molecule has 0 saturated carbocycles. The molecule has 1 fully saturated rings. The lowest BCUT2D eigenvalue weighted by atomic mass is 10.1.